The number of nitrogens with one attached hydrogen (secondary N) is 1. The first kappa shape index (κ1) is 16.4. The number of benzene rings is 1. The largest absolute Gasteiger partial charge is 0.341 e. The number of sulfonamides is 1. The molecule has 1 N–H and O–H groups in total. The molecule has 5 nitrogen and oxygen atoms in total. The lowest BCUT2D eigenvalue weighted by Gasteiger charge is -2.21. The molecule has 1 aromatic carbocycles. The number of amides is 1. The van der Waals surface area contributed by atoms with Gasteiger partial charge in [0.1, 0.15) is 5.82 Å². The maximum absolute atomic E-state index is 13.0. The molecule has 0 bridgehead atoms. The predicted molar refractivity (Wildman–Crippen MR) is 79.7 cm³/mol. The van der Waals surface area contributed by atoms with Gasteiger partial charge in [-0.1, -0.05) is 0 Å². The van der Waals surface area contributed by atoms with Gasteiger partial charge in [-0.2, -0.15) is 4.72 Å². The van der Waals surface area contributed by atoms with Crippen molar-refractivity contribution in [2.24, 2.45) is 0 Å². The van der Waals surface area contributed by atoms with Crippen molar-refractivity contribution in [2.75, 3.05) is 13.1 Å². The van der Waals surface area contributed by atoms with Crippen molar-refractivity contribution in [1.29, 1.82) is 0 Å². The maximum atomic E-state index is 13.0. The Bertz CT molecular complexity index is 645. The Morgan fingerprint density at radius 1 is 1.38 bits per heavy atom. The summed E-state index contributed by atoms with van der Waals surface area (Å²) in [6.07, 6.45) is 1.88. The number of carbonyl (C=O) groups excluding carboxylic acids is 1. The van der Waals surface area contributed by atoms with Crippen LogP contribution in [-0.4, -0.2) is 38.4 Å². The molecule has 0 spiro atoms. The van der Waals surface area contributed by atoms with Crippen LogP contribution in [0.4, 0.5) is 4.39 Å². The van der Waals surface area contributed by atoms with E-state index in [1.165, 1.54) is 6.92 Å². The van der Waals surface area contributed by atoms with Crippen LogP contribution in [-0.2, 0) is 14.8 Å². The van der Waals surface area contributed by atoms with E-state index in [4.69, 9.17) is 0 Å². The summed E-state index contributed by atoms with van der Waals surface area (Å²) in [5.41, 5.74) is 0. The third kappa shape index (κ3) is 3.81. The zero-order valence-electron chi connectivity index (χ0n) is 11.5. The van der Waals surface area contributed by atoms with Gasteiger partial charge in [-0.3, -0.25) is 4.79 Å². The zero-order chi connectivity index (χ0) is 15.6. The Kier molecular flexibility index (Phi) is 5.00. The van der Waals surface area contributed by atoms with Crippen molar-refractivity contribution in [3.63, 3.8) is 0 Å². The van der Waals surface area contributed by atoms with Crippen molar-refractivity contribution in [3.05, 3.63) is 28.5 Å². The van der Waals surface area contributed by atoms with E-state index in [1.807, 2.05) is 0 Å². The summed E-state index contributed by atoms with van der Waals surface area (Å²) in [7, 11) is -3.89. The van der Waals surface area contributed by atoms with Gasteiger partial charge < -0.3 is 4.90 Å². The normalized spacial score (nSPS) is 17.0. The standard InChI is InChI=1S/C13H16BrFN2O3S/c1-9(13(18)17-6-2-3-7-17)16-21(19,20)12-5-4-10(15)8-11(12)14/h4-5,8-9,16H,2-3,6-7H2,1H3. The minimum Gasteiger partial charge on any atom is -0.341 e. The zero-order valence-corrected chi connectivity index (χ0v) is 13.9. The fraction of sp³-hybridized carbons (Fsp3) is 0.462. The van der Waals surface area contributed by atoms with Crippen molar-refractivity contribution < 1.29 is 17.6 Å². The molecular formula is C13H16BrFN2O3S. The molecule has 116 valence electrons. The molecule has 0 radical (unpaired) electrons. The van der Waals surface area contributed by atoms with Crippen molar-refractivity contribution in [3.8, 4) is 0 Å². The Morgan fingerprint density at radius 2 is 2.00 bits per heavy atom. The maximum Gasteiger partial charge on any atom is 0.242 e. The lowest BCUT2D eigenvalue weighted by atomic mass is 10.3. The fourth-order valence-electron chi connectivity index (χ4n) is 2.25. The average Bonchev–Trinajstić information content (AvgIpc) is 2.90. The van der Waals surface area contributed by atoms with E-state index in [0.29, 0.717) is 13.1 Å². The van der Waals surface area contributed by atoms with Crippen molar-refractivity contribution in [1.82, 2.24) is 9.62 Å². The van der Waals surface area contributed by atoms with E-state index in [1.54, 1.807) is 4.90 Å². The highest BCUT2D eigenvalue weighted by molar-refractivity contribution is 9.10. The van der Waals surface area contributed by atoms with Crippen LogP contribution >= 0.6 is 15.9 Å². The molecule has 1 saturated heterocycles. The molecule has 21 heavy (non-hydrogen) atoms. The van der Waals surface area contributed by atoms with Crippen LogP contribution < -0.4 is 4.72 Å². The first-order valence-electron chi connectivity index (χ1n) is 6.57. The van der Waals surface area contributed by atoms with Gasteiger partial charge in [0.15, 0.2) is 0 Å². The molecule has 1 aliphatic heterocycles. The molecule has 2 rings (SSSR count). The Morgan fingerprint density at radius 3 is 2.57 bits per heavy atom. The van der Waals surface area contributed by atoms with E-state index in [0.717, 1.165) is 31.0 Å². The van der Waals surface area contributed by atoms with Gasteiger partial charge in [0.05, 0.1) is 10.9 Å². The van der Waals surface area contributed by atoms with Crippen molar-refractivity contribution in [2.45, 2.75) is 30.7 Å². The lowest BCUT2D eigenvalue weighted by molar-refractivity contribution is -0.131. The number of halogens is 2. The molecule has 1 aromatic rings. The summed E-state index contributed by atoms with van der Waals surface area (Å²) in [6, 6.07) is 2.44. The minimum atomic E-state index is -3.89. The number of rotatable bonds is 4. The van der Waals surface area contributed by atoms with E-state index >= 15 is 0 Å². The van der Waals surface area contributed by atoms with Gasteiger partial charge in [0, 0.05) is 17.6 Å². The molecule has 1 heterocycles. The van der Waals surface area contributed by atoms with E-state index in [-0.39, 0.29) is 15.3 Å². The fourth-order valence-corrected chi connectivity index (χ4v) is 4.50. The molecule has 0 aliphatic carbocycles. The topological polar surface area (TPSA) is 66.5 Å². The predicted octanol–water partition coefficient (Wildman–Crippen LogP) is 1.88. The highest BCUT2D eigenvalue weighted by Crippen LogP contribution is 2.23. The van der Waals surface area contributed by atoms with Gasteiger partial charge in [0.2, 0.25) is 15.9 Å². The molecule has 0 aromatic heterocycles. The third-order valence-electron chi connectivity index (χ3n) is 3.30. The first-order chi connectivity index (χ1) is 9.81. The first-order valence-corrected chi connectivity index (χ1v) is 8.85. The number of nitrogens with zero attached hydrogens (tertiary/aromatic N) is 1. The molecule has 8 heteroatoms. The second kappa shape index (κ2) is 6.41. The molecule has 1 unspecified atom stereocenters. The van der Waals surface area contributed by atoms with Gasteiger partial charge in [-0.05, 0) is 53.9 Å². The van der Waals surface area contributed by atoms with E-state index in [2.05, 4.69) is 20.7 Å². The molecule has 1 fully saturated rings. The number of hydrogen-bond acceptors (Lipinski definition) is 3. The van der Waals surface area contributed by atoms with Crippen LogP contribution in [0, 0.1) is 5.82 Å². The Hall–Kier alpha value is -0.990. The molecule has 1 atom stereocenters. The van der Waals surface area contributed by atoms with Gasteiger partial charge in [-0.15, -0.1) is 0 Å². The van der Waals surface area contributed by atoms with Crippen LogP contribution in [0.2, 0.25) is 0 Å². The highest BCUT2D eigenvalue weighted by atomic mass is 79.9. The highest BCUT2D eigenvalue weighted by Gasteiger charge is 2.28. The minimum absolute atomic E-state index is 0.0926. The van der Waals surface area contributed by atoms with Crippen molar-refractivity contribution >= 4 is 31.9 Å². The van der Waals surface area contributed by atoms with E-state index in [9.17, 15) is 17.6 Å². The SMILES string of the molecule is CC(NS(=O)(=O)c1ccc(F)cc1Br)C(=O)N1CCCC1. The number of likely N-dealkylation sites (tertiary alicyclic amines) is 1. The molecule has 1 amide bonds. The lowest BCUT2D eigenvalue weighted by Crippen LogP contribution is -2.45. The van der Waals surface area contributed by atoms with Gasteiger partial charge >= 0.3 is 0 Å². The summed E-state index contributed by atoms with van der Waals surface area (Å²) in [5.74, 6) is -0.781. The smallest absolute Gasteiger partial charge is 0.242 e. The van der Waals surface area contributed by atoms with Crippen LogP contribution in [0.25, 0.3) is 0 Å². The second-order valence-corrected chi connectivity index (χ2v) is 7.49. The summed E-state index contributed by atoms with van der Waals surface area (Å²) in [6.45, 7) is 2.83. The van der Waals surface area contributed by atoms with Gasteiger partial charge in [-0.25, -0.2) is 12.8 Å². The van der Waals surface area contributed by atoms with E-state index < -0.39 is 21.9 Å². The third-order valence-corrected chi connectivity index (χ3v) is 5.82. The average molecular weight is 379 g/mol. The van der Waals surface area contributed by atoms with Crippen LogP contribution in [0.15, 0.2) is 27.6 Å². The summed E-state index contributed by atoms with van der Waals surface area (Å²) in [4.78, 5) is 13.7. The number of carbonyl (C=O) groups is 1. The number of hydrogen-bond donors (Lipinski definition) is 1. The molecular weight excluding hydrogens is 363 g/mol. The van der Waals surface area contributed by atoms with Crippen LogP contribution in [0.5, 0.6) is 0 Å². The molecule has 1 aliphatic rings. The summed E-state index contributed by atoms with van der Waals surface area (Å²) >= 11 is 3.02. The monoisotopic (exact) mass is 378 g/mol. The van der Waals surface area contributed by atoms with Crippen LogP contribution in [0.1, 0.15) is 19.8 Å². The van der Waals surface area contributed by atoms with Gasteiger partial charge in [0.25, 0.3) is 0 Å². The second-order valence-electron chi connectivity index (χ2n) is 4.95. The van der Waals surface area contributed by atoms with Crippen LogP contribution in [0.3, 0.4) is 0 Å². The summed E-state index contributed by atoms with van der Waals surface area (Å²) < 4.78 is 40.0. The Balaban J connectivity index is 2.14. The quantitative estimate of drug-likeness (QED) is 0.869. The Labute approximate surface area is 131 Å². The summed E-state index contributed by atoms with van der Waals surface area (Å²) in [5, 5.41) is 0. The molecule has 0 saturated carbocycles.